The van der Waals surface area contributed by atoms with Gasteiger partial charge in [0.15, 0.2) is 4.96 Å². The number of hydrogen-bond donors (Lipinski definition) is 0. The van der Waals surface area contributed by atoms with Crippen LogP contribution in [0, 0.1) is 5.82 Å². The van der Waals surface area contributed by atoms with E-state index in [0.717, 1.165) is 27.5 Å². The number of nitrogens with zero attached hydrogens (tertiary/aromatic N) is 3. The molecule has 0 unspecified atom stereocenters. The van der Waals surface area contributed by atoms with Crippen LogP contribution in [0.5, 0.6) is 0 Å². The summed E-state index contributed by atoms with van der Waals surface area (Å²) in [5.41, 5.74) is 4.31. The molecular weight excluding hydrogens is 469 g/mol. The second-order valence-electron chi connectivity index (χ2n) is 7.99. The molecule has 0 radical (unpaired) electrons. The molecule has 170 valence electrons. The topological polar surface area (TPSA) is 37.6 Å². The highest BCUT2D eigenvalue weighted by Crippen LogP contribution is 2.25. The Balaban J connectivity index is 1.39. The Kier molecular flexibility index (Phi) is 6.43. The monoisotopic (exact) mass is 489 g/mol. The van der Waals surface area contributed by atoms with Crippen molar-refractivity contribution in [3.8, 4) is 11.3 Å². The number of halogens is 2. The molecule has 0 aliphatic carbocycles. The van der Waals surface area contributed by atoms with Crippen LogP contribution in [0.25, 0.3) is 16.2 Å². The molecule has 1 amide bonds. The second-order valence-corrected chi connectivity index (χ2v) is 9.26. The molecule has 34 heavy (non-hydrogen) atoms. The van der Waals surface area contributed by atoms with Gasteiger partial charge in [0, 0.05) is 52.9 Å². The molecule has 0 fully saturated rings. The maximum atomic E-state index is 13.8. The normalized spacial score (nSPS) is 11.1. The molecule has 3 aromatic carbocycles. The van der Waals surface area contributed by atoms with Crippen LogP contribution in [0.3, 0.4) is 0 Å². The number of rotatable bonds is 7. The third kappa shape index (κ3) is 4.88. The van der Waals surface area contributed by atoms with E-state index in [0.29, 0.717) is 30.1 Å². The minimum atomic E-state index is -0.418. The number of thiazole rings is 1. The van der Waals surface area contributed by atoms with E-state index in [1.165, 1.54) is 12.1 Å². The van der Waals surface area contributed by atoms with Crippen LogP contribution in [0.1, 0.15) is 21.6 Å². The molecule has 0 aliphatic heterocycles. The highest BCUT2D eigenvalue weighted by molar-refractivity contribution is 7.15. The third-order valence-electron chi connectivity index (χ3n) is 5.64. The SMILES string of the molecule is O=C(c1cccc(F)c1)N(CCc1csc2nc(-c3ccc(Cl)cc3)cn12)Cc1ccccc1. The van der Waals surface area contributed by atoms with Crippen molar-refractivity contribution in [1.29, 1.82) is 0 Å². The molecule has 0 N–H and O–H groups in total. The van der Waals surface area contributed by atoms with E-state index in [1.54, 1.807) is 28.4 Å². The Bertz CT molecular complexity index is 1430. The lowest BCUT2D eigenvalue weighted by atomic mass is 10.1. The number of amides is 1. The molecule has 7 heteroatoms. The van der Waals surface area contributed by atoms with Gasteiger partial charge in [-0.25, -0.2) is 9.37 Å². The quantitative estimate of drug-likeness (QED) is 0.254. The fraction of sp³-hybridized carbons (Fsp3) is 0.111. The van der Waals surface area contributed by atoms with Crippen LogP contribution >= 0.6 is 22.9 Å². The Morgan fingerprint density at radius 1 is 1.03 bits per heavy atom. The van der Waals surface area contributed by atoms with Gasteiger partial charge in [-0.1, -0.05) is 60.1 Å². The second kappa shape index (κ2) is 9.79. The van der Waals surface area contributed by atoms with E-state index in [-0.39, 0.29) is 5.91 Å². The maximum absolute atomic E-state index is 13.8. The molecule has 0 atom stereocenters. The number of imidazole rings is 1. The van der Waals surface area contributed by atoms with Crippen molar-refractivity contribution in [3.63, 3.8) is 0 Å². The van der Waals surface area contributed by atoms with E-state index < -0.39 is 5.82 Å². The molecule has 5 rings (SSSR count). The van der Waals surface area contributed by atoms with Crippen LogP contribution in [0.4, 0.5) is 4.39 Å². The van der Waals surface area contributed by atoms with Gasteiger partial charge >= 0.3 is 0 Å². The first kappa shape index (κ1) is 22.3. The number of carbonyl (C=O) groups excluding carboxylic acids is 1. The highest BCUT2D eigenvalue weighted by atomic mass is 35.5. The molecule has 2 aromatic heterocycles. The van der Waals surface area contributed by atoms with Crippen molar-refractivity contribution in [2.75, 3.05) is 6.54 Å². The molecule has 4 nitrogen and oxygen atoms in total. The van der Waals surface area contributed by atoms with Crippen molar-refractivity contribution >= 4 is 33.8 Å². The Labute approximate surface area is 205 Å². The molecule has 0 aliphatic rings. The van der Waals surface area contributed by atoms with Crippen molar-refractivity contribution in [2.24, 2.45) is 0 Å². The molecular formula is C27H21ClFN3OS. The zero-order valence-electron chi connectivity index (χ0n) is 18.2. The summed E-state index contributed by atoms with van der Waals surface area (Å²) in [5, 5.41) is 2.76. The van der Waals surface area contributed by atoms with E-state index in [2.05, 4.69) is 9.78 Å². The van der Waals surface area contributed by atoms with Crippen LogP contribution in [-0.2, 0) is 13.0 Å². The minimum absolute atomic E-state index is 0.192. The predicted octanol–water partition coefficient (Wildman–Crippen LogP) is 6.74. The fourth-order valence-corrected chi connectivity index (χ4v) is 4.91. The summed E-state index contributed by atoms with van der Waals surface area (Å²) in [7, 11) is 0. The average Bonchev–Trinajstić information content (AvgIpc) is 3.44. The molecule has 0 spiro atoms. The van der Waals surface area contributed by atoms with E-state index in [9.17, 15) is 9.18 Å². The molecule has 0 saturated carbocycles. The minimum Gasteiger partial charge on any atom is -0.334 e. The number of carbonyl (C=O) groups is 1. The maximum Gasteiger partial charge on any atom is 0.254 e. The lowest BCUT2D eigenvalue weighted by molar-refractivity contribution is 0.0744. The van der Waals surface area contributed by atoms with Crippen LogP contribution in [-0.4, -0.2) is 26.7 Å². The lowest BCUT2D eigenvalue weighted by Gasteiger charge is -2.23. The number of aromatic nitrogens is 2. The van der Waals surface area contributed by atoms with Gasteiger partial charge in [0.2, 0.25) is 0 Å². The first-order chi connectivity index (χ1) is 16.6. The first-order valence-electron chi connectivity index (χ1n) is 10.9. The fourth-order valence-electron chi connectivity index (χ4n) is 3.88. The number of fused-ring (bicyclic) bond motifs is 1. The van der Waals surface area contributed by atoms with Crippen LogP contribution < -0.4 is 0 Å². The summed E-state index contributed by atoms with van der Waals surface area (Å²) < 4.78 is 15.9. The number of hydrogen-bond acceptors (Lipinski definition) is 3. The van der Waals surface area contributed by atoms with Gasteiger partial charge in [-0.2, -0.15) is 0 Å². The third-order valence-corrected chi connectivity index (χ3v) is 6.78. The van der Waals surface area contributed by atoms with E-state index >= 15 is 0 Å². The Hall–Kier alpha value is -3.48. The first-order valence-corrected chi connectivity index (χ1v) is 12.1. The van der Waals surface area contributed by atoms with Gasteiger partial charge in [0.05, 0.1) is 5.69 Å². The van der Waals surface area contributed by atoms with E-state index in [1.807, 2.05) is 60.8 Å². The molecule has 0 saturated heterocycles. The standard InChI is InChI=1S/C27H21ClFN3OS/c28-22-11-9-20(10-12-22)25-17-32-24(18-34-27(32)30-25)13-14-31(16-19-5-2-1-3-6-19)26(33)21-7-4-8-23(29)15-21/h1-12,15,17-18H,13-14,16H2. The van der Waals surface area contributed by atoms with Gasteiger partial charge in [-0.05, 0) is 35.9 Å². The predicted molar refractivity (Wildman–Crippen MR) is 135 cm³/mol. The average molecular weight is 490 g/mol. The lowest BCUT2D eigenvalue weighted by Crippen LogP contribution is -2.32. The van der Waals surface area contributed by atoms with Gasteiger partial charge < -0.3 is 4.90 Å². The Morgan fingerprint density at radius 3 is 2.59 bits per heavy atom. The van der Waals surface area contributed by atoms with Gasteiger partial charge in [-0.3, -0.25) is 9.20 Å². The van der Waals surface area contributed by atoms with Gasteiger partial charge in [0.1, 0.15) is 5.82 Å². The molecule has 5 aromatic rings. The summed E-state index contributed by atoms with van der Waals surface area (Å²) in [6.07, 6.45) is 2.66. The largest absolute Gasteiger partial charge is 0.334 e. The van der Waals surface area contributed by atoms with Crippen molar-refractivity contribution in [3.05, 3.63) is 118 Å². The molecule has 0 bridgehead atoms. The summed E-state index contributed by atoms with van der Waals surface area (Å²) in [6.45, 7) is 0.938. The van der Waals surface area contributed by atoms with Gasteiger partial charge in [0.25, 0.3) is 5.91 Å². The zero-order valence-corrected chi connectivity index (χ0v) is 19.8. The van der Waals surface area contributed by atoms with Crippen LogP contribution in [0.15, 0.2) is 90.4 Å². The number of benzene rings is 3. The van der Waals surface area contributed by atoms with Crippen molar-refractivity contribution in [2.45, 2.75) is 13.0 Å². The van der Waals surface area contributed by atoms with Crippen molar-refractivity contribution in [1.82, 2.24) is 14.3 Å². The highest BCUT2D eigenvalue weighted by Gasteiger charge is 2.18. The van der Waals surface area contributed by atoms with Crippen LogP contribution in [0.2, 0.25) is 5.02 Å². The molecule has 2 heterocycles. The summed E-state index contributed by atoms with van der Waals surface area (Å²) >= 11 is 7.58. The van der Waals surface area contributed by atoms with E-state index in [4.69, 9.17) is 16.6 Å². The van der Waals surface area contributed by atoms with Crippen molar-refractivity contribution < 1.29 is 9.18 Å². The summed E-state index contributed by atoms with van der Waals surface area (Å²) in [5.74, 6) is -0.611. The zero-order chi connectivity index (χ0) is 23.5. The Morgan fingerprint density at radius 2 is 1.82 bits per heavy atom. The smallest absolute Gasteiger partial charge is 0.254 e. The summed E-state index contributed by atoms with van der Waals surface area (Å²) in [6, 6.07) is 23.3. The van der Waals surface area contributed by atoms with Gasteiger partial charge in [-0.15, -0.1) is 11.3 Å². The summed E-state index contributed by atoms with van der Waals surface area (Å²) in [4.78, 5) is 20.7.